The Hall–Kier alpha value is -2.34. The molecule has 0 heterocycles. The van der Waals surface area contributed by atoms with Crippen molar-refractivity contribution in [2.45, 2.75) is 6.92 Å². The molecular weight excluding hydrogens is 326 g/mol. The van der Waals surface area contributed by atoms with Crippen LogP contribution in [0.4, 0.5) is 20.2 Å². The lowest BCUT2D eigenvalue weighted by Gasteiger charge is -2.13. The van der Waals surface area contributed by atoms with Crippen molar-refractivity contribution in [2.75, 3.05) is 24.3 Å². The number of aryl methyl sites for hydroxylation is 1. The minimum atomic E-state index is -0.709. The van der Waals surface area contributed by atoms with E-state index in [0.717, 1.165) is 23.8 Å². The maximum Gasteiger partial charge on any atom is 0.243 e. The number of halogens is 3. The van der Waals surface area contributed by atoms with Gasteiger partial charge in [0.05, 0.1) is 25.0 Å². The van der Waals surface area contributed by atoms with Gasteiger partial charge in [0.15, 0.2) is 0 Å². The van der Waals surface area contributed by atoms with Gasteiger partial charge in [-0.3, -0.25) is 4.79 Å². The van der Waals surface area contributed by atoms with E-state index in [1.807, 2.05) is 6.92 Å². The number of nitrogens with one attached hydrogen (secondary N) is 2. The monoisotopic (exact) mass is 340 g/mol. The number of ether oxygens (including phenoxy) is 1. The topological polar surface area (TPSA) is 50.4 Å². The number of hydrogen-bond acceptors (Lipinski definition) is 3. The lowest BCUT2D eigenvalue weighted by Crippen LogP contribution is -2.22. The van der Waals surface area contributed by atoms with Crippen molar-refractivity contribution in [2.24, 2.45) is 0 Å². The molecule has 0 aromatic heterocycles. The molecule has 0 saturated heterocycles. The number of rotatable bonds is 5. The summed E-state index contributed by atoms with van der Waals surface area (Å²) in [5.41, 5.74) is 1.17. The summed E-state index contributed by atoms with van der Waals surface area (Å²) < 4.78 is 31.7. The van der Waals surface area contributed by atoms with Crippen molar-refractivity contribution in [3.05, 3.63) is 52.6 Å². The summed E-state index contributed by atoms with van der Waals surface area (Å²) in [5, 5.41) is 5.72. The Bertz CT molecular complexity index is 738. The molecule has 2 rings (SSSR count). The van der Waals surface area contributed by atoms with Crippen LogP contribution in [0.3, 0.4) is 0 Å². The number of anilines is 2. The fraction of sp³-hybridized carbons (Fsp3) is 0.188. The average molecular weight is 341 g/mol. The molecule has 122 valence electrons. The third kappa shape index (κ3) is 4.32. The maximum absolute atomic E-state index is 13.5. The normalized spacial score (nSPS) is 10.3. The van der Waals surface area contributed by atoms with E-state index in [0.29, 0.717) is 16.5 Å². The summed E-state index contributed by atoms with van der Waals surface area (Å²) in [4.78, 5) is 11.9. The van der Waals surface area contributed by atoms with Crippen molar-refractivity contribution >= 4 is 28.9 Å². The van der Waals surface area contributed by atoms with Crippen LogP contribution in [0.5, 0.6) is 5.75 Å². The molecule has 0 aliphatic rings. The number of amides is 1. The lowest BCUT2D eigenvalue weighted by atomic mass is 10.2. The van der Waals surface area contributed by atoms with Gasteiger partial charge in [0.2, 0.25) is 5.91 Å². The molecule has 2 N–H and O–H groups in total. The maximum atomic E-state index is 13.5. The quantitative estimate of drug-likeness (QED) is 0.865. The second-order valence-corrected chi connectivity index (χ2v) is 5.23. The van der Waals surface area contributed by atoms with E-state index in [-0.39, 0.29) is 12.2 Å². The fourth-order valence-corrected chi connectivity index (χ4v) is 2.09. The Morgan fingerprint density at radius 1 is 1.22 bits per heavy atom. The van der Waals surface area contributed by atoms with Gasteiger partial charge in [0, 0.05) is 17.2 Å². The molecule has 1 amide bonds. The Kier molecular flexibility index (Phi) is 5.39. The molecule has 2 aromatic rings. The summed E-state index contributed by atoms with van der Waals surface area (Å²) in [6.07, 6.45) is 0. The van der Waals surface area contributed by atoms with E-state index < -0.39 is 17.5 Å². The molecule has 4 nitrogen and oxygen atoms in total. The highest BCUT2D eigenvalue weighted by Gasteiger charge is 2.11. The van der Waals surface area contributed by atoms with Crippen LogP contribution in [-0.4, -0.2) is 19.6 Å². The van der Waals surface area contributed by atoms with E-state index >= 15 is 0 Å². The second-order valence-electron chi connectivity index (χ2n) is 4.83. The first kappa shape index (κ1) is 17.0. The molecule has 0 spiro atoms. The highest BCUT2D eigenvalue weighted by Crippen LogP contribution is 2.30. The van der Waals surface area contributed by atoms with Gasteiger partial charge in [-0.1, -0.05) is 11.6 Å². The molecule has 2 aromatic carbocycles. The predicted molar refractivity (Wildman–Crippen MR) is 86.2 cm³/mol. The minimum absolute atomic E-state index is 0.145. The number of carbonyl (C=O) groups is 1. The summed E-state index contributed by atoms with van der Waals surface area (Å²) in [6.45, 7) is 1.67. The molecule has 0 bridgehead atoms. The van der Waals surface area contributed by atoms with Crippen LogP contribution in [0.25, 0.3) is 0 Å². The van der Waals surface area contributed by atoms with Gasteiger partial charge >= 0.3 is 0 Å². The first-order valence-electron chi connectivity index (χ1n) is 6.73. The van der Waals surface area contributed by atoms with Crippen LogP contribution >= 0.6 is 11.6 Å². The number of methoxy groups -OCH3 is 1. The summed E-state index contributed by atoms with van der Waals surface area (Å²) in [6, 6.07) is 6.20. The summed E-state index contributed by atoms with van der Waals surface area (Å²) >= 11 is 6.00. The van der Waals surface area contributed by atoms with Gasteiger partial charge in [0.1, 0.15) is 17.4 Å². The molecule has 0 atom stereocenters. The van der Waals surface area contributed by atoms with Gasteiger partial charge in [0.25, 0.3) is 0 Å². The standard InChI is InChI=1S/C16H15ClF2N2O2/c1-9-5-14(15(23-2)7-11(9)17)20-8-16(22)21-13-6-10(18)3-4-12(13)19/h3-7,20H,8H2,1-2H3,(H,21,22). The number of hydrogen-bond donors (Lipinski definition) is 2. The summed E-state index contributed by atoms with van der Waals surface area (Å²) in [5.74, 6) is -1.39. The van der Waals surface area contributed by atoms with E-state index in [9.17, 15) is 13.6 Å². The van der Waals surface area contributed by atoms with E-state index in [1.165, 1.54) is 7.11 Å². The number of carbonyl (C=O) groups excluding carboxylic acids is 1. The zero-order chi connectivity index (χ0) is 17.0. The largest absolute Gasteiger partial charge is 0.495 e. The number of benzene rings is 2. The second kappa shape index (κ2) is 7.28. The zero-order valence-electron chi connectivity index (χ0n) is 12.5. The smallest absolute Gasteiger partial charge is 0.243 e. The third-order valence-corrected chi connectivity index (χ3v) is 3.53. The van der Waals surface area contributed by atoms with Crippen LogP contribution in [0.2, 0.25) is 5.02 Å². The van der Waals surface area contributed by atoms with Crippen molar-refractivity contribution in [3.63, 3.8) is 0 Å². The van der Waals surface area contributed by atoms with Crippen LogP contribution in [0, 0.1) is 18.6 Å². The van der Waals surface area contributed by atoms with Crippen molar-refractivity contribution in [3.8, 4) is 5.75 Å². The SMILES string of the molecule is COc1cc(Cl)c(C)cc1NCC(=O)Nc1cc(F)ccc1F. The van der Waals surface area contributed by atoms with Gasteiger partial charge in [-0.25, -0.2) is 8.78 Å². The van der Waals surface area contributed by atoms with E-state index in [1.54, 1.807) is 12.1 Å². The predicted octanol–water partition coefficient (Wildman–Crippen LogP) is 3.99. The first-order chi connectivity index (χ1) is 10.9. The van der Waals surface area contributed by atoms with E-state index in [2.05, 4.69) is 10.6 Å². The molecule has 0 radical (unpaired) electrons. The Balaban J connectivity index is 2.05. The zero-order valence-corrected chi connectivity index (χ0v) is 13.3. The first-order valence-corrected chi connectivity index (χ1v) is 7.11. The highest BCUT2D eigenvalue weighted by molar-refractivity contribution is 6.31. The Morgan fingerprint density at radius 2 is 1.96 bits per heavy atom. The molecule has 0 aliphatic carbocycles. The Labute approximate surface area is 137 Å². The molecule has 0 aliphatic heterocycles. The van der Waals surface area contributed by atoms with Gasteiger partial charge in [-0.2, -0.15) is 0 Å². The van der Waals surface area contributed by atoms with Gasteiger partial charge < -0.3 is 15.4 Å². The highest BCUT2D eigenvalue weighted by atomic mass is 35.5. The van der Waals surface area contributed by atoms with Crippen molar-refractivity contribution in [1.29, 1.82) is 0 Å². The van der Waals surface area contributed by atoms with E-state index in [4.69, 9.17) is 16.3 Å². The fourth-order valence-electron chi connectivity index (χ4n) is 1.93. The van der Waals surface area contributed by atoms with Gasteiger partial charge in [-0.15, -0.1) is 0 Å². The molecule has 23 heavy (non-hydrogen) atoms. The Morgan fingerprint density at radius 3 is 2.65 bits per heavy atom. The van der Waals surface area contributed by atoms with Crippen LogP contribution in [-0.2, 0) is 4.79 Å². The molecule has 7 heteroatoms. The third-order valence-electron chi connectivity index (χ3n) is 3.12. The lowest BCUT2D eigenvalue weighted by molar-refractivity contribution is -0.114. The van der Waals surface area contributed by atoms with Crippen LogP contribution in [0.15, 0.2) is 30.3 Å². The minimum Gasteiger partial charge on any atom is -0.495 e. The van der Waals surface area contributed by atoms with Gasteiger partial charge in [-0.05, 0) is 30.7 Å². The summed E-state index contributed by atoms with van der Waals surface area (Å²) in [7, 11) is 1.48. The van der Waals surface area contributed by atoms with Crippen LogP contribution in [0.1, 0.15) is 5.56 Å². The van der Waals surface area contributed by atoms with Crippen molar-refractivity contribution in [1.82, 2.24) is 0 Å². The molecular formula is C16H15ClF2N2O2. The van der Waals surface area contributed by atoms with Crippen LogP contribution < -0.4 is 15.4 Å². The molecule has 0 saturated carbocycles. The average Bonchev–Trinajstić information content (AvgIpc) is 2.51. The van der Waals surface area contributed by atoms with Crippen molar-refractivity contribution < 1.29 is 18.3 Å². The molecule has 0 fully saturated rings. The molecule has 0 unspecified atom stereocenters.